The molecule has 0 radical (unpaired) electrons. The molecule has 42 heavy (non-hydrogen) atoms. The van der Waals surface area contributed by atoms with Crippen LogP contribution in [0.15, 0.2) is 97.1 Å². The summed E-state index contributed by atoms with van der Waals surface area (Å²) in [6.07, 6.45) is 0. The minimum Gasteiger partial charge on any atom is -0.497 e. The van der Waals surface area contributed by atoms with Crippen molar-refractivity contribution in [1.82, 2.24) is 4.90 Å². The first-order valence-electron chi connectivity index (χ1n) is 13.0. The quantitative estimate of drug-likeness (QED) is 0.264. The predicted molar refractivity (Wildman–Crippen MR) is 156 cm³/mol. The summed E-state index contributed by atoms with van der Waals surface area (Å²) in [5, 5.41) is 3.23. The van der Waals surface area contributed by atoms with Crippen molar-refractivity contribution in [2.45, 2.75) is 12.6 Å². The number of rotatable bonds is 9. The van der Waals surface area contributed by atoms with Crippen LogP contribution in [0.25, 0.3) is 0 Å². The fraction of sp³-hybridized carbons (Fsp3) is 0.125. The molecule has 10 heteroatoms. The van der Waals surface area contributed by atoms with Gasteiger partial charge in [0.15, 0.2) is 0 Å². The minimum atomic E-state index is -1.26. The van der Waals surface area contributed by atoms with Crippen LogP contribution in [0, 0.1) is 5.82 Å². The highest BCUT2D eigenvalue weighted by molar-refractivity contribution is 6.52. The number of para-hydroxylation sites is 1. The van der Waals surface area contributed by atoms with E-state index >= 15 is 0 Å². The molecule has 4 aromatic rings. The number of nitrogens with one attached hydrogen (secondary N) is 1. The van der Waals surface area contributed by atoms with E-state index in [4.69, 9.17) is 16.3 Å². The van der Waals surface area contributed by atoms with Crippen molar-refractivity contribution in [3.8, 4) is 5.75 Å². The number of methoxy groups -OCH3 is 1. The Morgan fingerprint density at radius 3 is 2.29 bits per heavy atom. The number of Topliss-reactive ketones (excluding diaryl/α,β-unsaturated/α-hetero) is 1. The zero-order valence-electron chi connectivity index (χ0n) is 22.4. The van der Waals surface area contributed by atoms with Crippen LogP contribution in [0.2, 0.25) is 5.02 Å². The van der Waals surface area contributed by atoms with E-state index in [2.05, 4.69) is 5.32 Å². The molecule has 212 valence electrons. The third-order valence-corrected chi connectivity index (χ3v) is 7.15. The molecule has 8 nitrogen and oxygen atoms in total. The first-order valence-corrected chi connectivity index (χ1v) is 13.3. The number of hydrogen-bond acceptors (Lipinski definition) is 5. The maximum atomic E-state index is 14.9. The lowest BCUT2D eigenvalue weighted by molar-refractivity contribution is -0.139. The van der Waals surface area contributed by atoms with Gasteiger partial charge in [0.2, 0.25) is 5.91 Å². The molecule has 0 aliphatic carbocycles. The molecular weight excluding hydrogens is 561 g/mol. The van der Waals surface area contributed by atoms with Crippen molar-refractivity contribution < 1.29 is 28.3 Å². The molecule has 0 saturated carbocycles. The lowest BCUT2D eigenvalue weighted by Crippen LogP contribution is -2.46. The summed E-state index contributed by atoms with van der Waals surface area (Å²) < 4.78 is 20.1. The van der Waals surface area contributed by atoms with Crippen molar-refractivity contribution in [2.75, 3.05) is 23.9 Å². The van der Waals surface area contributed by atoms with Crippen molar-refractivity contribution in [1.29, 1.82) is 0 Å². The lowest BCUT2D eigenvalue weighted by atomic mass is 10.0. The monoisotopic (exact) mass is 585 g/mol. The maximum absolute atomic E-state index is 14.9. The number of ketones is 1. The van der Waals surface area contributed by atoms with Gasteiger partial charge < -0.3 is 15.0 Å². The van der Waals surface area contributed by atoms with E-state index in [1.807, 2.05) is 0 Å². The first-order chi connectivity index (χ1) is 20.3. The second kappa shape index (κ2) is 12.2. The Hall–Kier alpha value is -5.02. The molecule has 0 bridgehead atoms. The van der Waals surface area contributed by atoms with Gasteiger partial charge in [-0.2, -0.15) is 0 Å². The Labute approximate surface area is 246 Å². The van der Waals surface area contributed by atoms with E-state index in [1.165, 1.54) is 36.3 Å². The van der Waals surface area contributed by atoms with Gasteiger partial charge in [-0.1, -0.05) is 54.1 Å². The number of hydrogen-bond donors (Lipinski definition) is 1. The number of halogens is 2. The van der Waals surface area contributed by atoms with Gasteiger partial charge in [0.1, 0.15) is 24.2 Å². The maximum Gasteiger partial charge on any atom is 0.299 e. The molecule has 4 aromatic carbocycles. The zero-order valence-corrected chi connectivity index (χ0v) is 23.2. The van der Waals surface area contributed by atoms with Crippen molar-refractivity contribution in [3.63, 3.8) is 0 Å². The second-order valence-corrected chi connectivity index (χ2v) is 9.96. The van der Waals surface area contributed by atoms with Gasteiger partial charge >= 0.3 is 0 Å². The molecule has 5 rings (SSSR count). The first kappa shape index (κ1) is 28.5. The number of benzene rings is 4. The summed E-state index contributed by atoms with van der Waals surface area (Å²) in [5.41, 5.74) is 1.47. The van der Waals surface area contributed by atoms with Crippen LogP contribution in [-0.2, 0) is 20.9 Å². The molecule has 1 atom stereocenters. The smallest absolute Gasteiger partial charge is 0.299 e. The van der Waals surface area contributed by atoms with Crippen LogP contribution in [-0.4, -0.2) is 42.1 Å². The Morgan fingerprint density at radius 2 is 1.60 bits per heavy atom. The number of fused-ring (bicyclic) bond motifs is 1. The summed E-state index contributed by atoms with van der Waals surface area (Å²) in [4.78, 5) is 55.7. The van der Waals surface area contributed by atoms with Crippen LogP contribution < -0.4 is 15.0 Å². The zero-order chi connectivity index (χ0) is 29.8. The molecule has 1 aliphatic rings. The number of carbonyl (C=O) groups is 4. The summed E-state index contributed by atoms with van der Waals surface area (Å²) in [7, 11) is 1.52. The average molecular weight is 586 g/mol. The predicted octanol–water partition coefficient (Wildman–Crippen LogP) is 5.43. The van der Waals surface area contributed by atoms with E-state index in [1.54, 1.807) is 72.8 Å². The number of anilines is 2. The van der Waals surface area contributed by atoms with Gasteiger partial charge in [-0.15, -0.1) is 0 Å². The largest absolute Gasteiger partial charge is 0.497 e. The van der Waals surface area contributed by atoms with Gasteiger partial charge in [0.05, 0.1) is 18.4 Å². The van der Waals surface area contributed by atoms with Crippen molar-refractivity contribution >= 4 is 46.5 Å². The summed E-state index contributed by atoms with van der Waals surface area (Å²) >= 11 is 6.12. The van der Waals surface area contributed by atoms with Gasteiger partial charge in [0, 0.05) is 22.8 Å². The van der Waals surface area contributed by atoms with E-state index < -0.39 is 41.9 Å². The SMILES string of the molecule is COc1ccc(NC(=O)C(c2ccc(Cl)cc2)N(Cc2ccccc2F)C(=O)CN2C(=O)C(=O)c3ccccc32)cc1. The summed E-state index contributed by atoms with van der Waals surface area (Å²) in [6.45, 7) is -0.845. The van der Waals surface area contributed by atoms with E-state index in [0.29, 0.717) is 22.0 Å². The average Bonchev–Trinajstić information content (AvgIpc) is 3.24. The lowest BCUT2D eigenvalue weighted by Gasteiger charge is -2.33. The van der Waals surface area contributed by atoms with Gasteiger partial charge in [-0.05, 0) is 60.2 Å². The number of ether oxygens (including phenoxy) is 1. The summed E-state index contributed by atoms with van der Waals surface area (Å²) in [5.74, 6) is -2.84. The number of amides is 3. The van der Waals surface area contributed by atoms with Crippen molar-refractivity contribution in [2.24, 2.45) is 0 Å². The molecule has 0 spiro atoms. The Bertz CT molecular complexity index is 1660. The Kier molecular flexibility index (Phi) is 8.31. The van der Waals surface area contributed by atoms with Crippen molar-refractivity contribution in [3.05, 3.63) is 125 Å². The molecule has 0 aromatic heterocycles. The Balaban J connectivity index is 1.55. The van der Waals surface area contributed by atoms with Gasteiger partial charge in [0.25, 0.3) is 17.6 Å². The van der Waals surface area contributed by atoms with Gasteiger partial charge in [-0.25, -0.2) is 4.39 Å². The van der Waals surface area contributed by atoms with E-state index in [0.717, 1.165) is 4.90 Å². The standard InChI is InChI=1S/C32H25ClFN3O5/c1-42-24-16-14-23(15-17-24)35-31(40)29(20-10-12-22(33)13-11-20)37(18-21-6-2-4-8-26(21)34)28(38)19-36-27-9-5-3-7-25(27)30(39)32(36)41/h2-17,29H,18-19H2,1H3,(H,35,40). The molecule has 1 unspecified atom stereocenters. The molecule has 0 saturated heterocycles. The second-order valence-electron chi connectivity index (χ2n) is 9.52. The van der Waals surface area contributed by atoms with E-state index in [-0.39, 0.29) is 23.4 Å². The third-order valence-electron chi connectivity index (χ3n) is 6.89. The Morgan fingerprint density at radius 1 is 0.929 bits per heavy atom. The fourth-order valence-electron chi connectivity index (χ4n) is 4.77. The highest BCUT2D eigenvalue weighted by Gasteiger charge is 2.39. The van der Waals surface area contributed by atoms with E-state index in [9.17, 15) is 23.6 Å². The molecule has 1 aliphatic heterocycles. The topological polar surface area (TPSA) is 96.0 Å². The van der Waals surface area contributed by atoms with Crippen LogP contribution in [0.3, 0.4) is 0 Å². The highest BCUT2D eigenvalue weighted by atomic mass is 35.5. The highest BCUT2D eigenvalue weighted by Crippen LogP contribution is 2.31. The van der Waals surface area contributed by atoms with Gasteiger partial charge in [-0.3, -0.25) is 24.1 Å². The minimum absolute atomic E-state index is 0.159. The van der Waals surface area contributed by atoms with Crippen LogP contribution >= 0.6 is 11.6 Å². The number of carbonyl (C=O) groups excluding carboxylic acids is 4. The normalized spacial score (nSPS) is 13.0. The number of nitrogens with zero attached hydrogens (tertiary/aromatic N) is 2. The summed E-state index contributed by atoms with van der Waals surface area (Å²) in [6, 6.07) is 24.0. The fourth-order valence-corrected chi connectivity index (χ4v) is 4.89. The molecule has 1 heterocycles. The molecule has 3 amide bonds. The molecule has 1 N–H and O–H groups in total. The molecule has 0 fully saturated rings. The van der Waals surface area contributed by atoms with Crippen LogP contribution in [0.1, 0.15) is 27.5 Å². The van der Waals surface area contributed by atoms with Crippen LogP contribution in [0.5, 0.6) is 5.75 Å². The third kappa shape index (κ3) is 5.87. The molecular formula is C32H25ClFN3O5. The van der Waals surface area contributed by atoms with Crippen LogP contribution in [0.4, 0.5) is 15.8 Å².